The van der Waals surface area contributed by atoms with E-state index in [4.69, 9.17) is 0 Å². The Morgan fingerprint density at radius 2 is 1.31 bits per heavy atom. The Hall–Kier alpha value is -0.730. The van der Waals surface area contributed by atoms with Crippen molar-refractivity contribution in [1.82, 2.24) is 10.0 Å². The van der Waals surface area contributed by atoms with Crippen LogP contribution in [0.15, 0.2) is 0 Å². The fourth-order valence-corrected chi connectivity index (χ4v) is 2.62. The van der Waals surface area contributed by atoms with Crippen molar-refractivity contribution in [3.8, 4) is 0 Å². The van der Waals surface area contributed by atoms with E-state index in [0.717, 1.165) is 6.42 Å². The second-order valence-corrected chi connectivity index (χ2v) is 7.63. The SMILES string of the molecule is CC(C)(C)CC(C)(C)N1C(=O)N1C(C)(C)C. The summed E-state index contributed by atoms with van der Waals surface area (Å²) in [6, 6.07) is 0.154. The standard InChI is InChI=1S/C13H26N2O/c1-11(2,3)9-13(7,8)15-10(16)14(15)12(4,5)6/h9H2,1-8H3. The van der Waals surface area contributed by atoms with Gasteiger partial charge in [-0.15, -0.1) is 0 Å². The maximum Gasteiger partial charge on any atom is 0.358 e. The number of hydrazine groups is 1. The van der Waals surface area contributed by atoms with Crippen LogP contribution in [0.5, 0.6) is 0 Å². The van der Waals surface area contributed by atoms with Crippen LogP contribution in [0.1, 0.15) is 61.8 Å². The molecule has 1 aliphatic heterocycles. The van der Waals surface area contributed by atoms with Crippen LogP contribution in [0.4, 0.5) is 4.79 Å². The topological polar surface area (TPSA) is 23.1 Å². The minimum absolute atomic E-state index is 0.0946. The summed E-state index contributed by atoms with van der Waals surface area (Å²) in [6.07, 6.45) is 0.998. The van der Waals surface area contributed by atoms with Crippen molar-refractivity contribution in [2.75, 3.05) is 0 Å². The molecule has 1 aliphatic rings. The number of carbonyl (C=O) groups excluding carboxylic acids is 1. The van der Waals surface area contributed by atoms with Crippen molar-refractivity contribution < 1.29 is 4.79 Å². The molecule has 1 fully saturated rings. The van der Waals surface area contributed by atoms with Gasteiger partial charge in [0.05, 0.1) is 11.1 Å². The smallest absolute Gasteiger partial charge is 0.244 e. The zero-order valence-corrected chi connectivity index (χ0v) is 12.0. The van der Waals surface area contributed by atoms with Crippen LogP contribution in [-0.4, -0.2) is 27.1 Å². The minimum atomic E-state index is -0.105. The van der Waals surface area contributed by atoms with Gasteiger partial charge < -0.3 is 0 Å². The lowest BCUT2D eigenvalue weighted by Crippen LogP contribution is -2.41. The van der Waals surface area contributed by atoms with Gasteiger partial charge in [-0.1, -0.05) is 20.8 Å². The highest BCUT2D eigenvalue weighted by molar-refractivity contribution is 5.87. The van der Waals surface area contributed by atoms with E-state index in [1.807, 2.05) is 10.0 Å². The quantitative estimate of drug-likeness (QED) is 0.659. The number of carbonyl (C=O) groups is 1. The number of urea groups is 1. The van der Waals surface area contributed by atoms with E-state index in [2.05, 4.69) is 55.4 Å². The second kappa shape index (κ2) is 3.38. The van der Waals surface area contributed by atoms with Gasteiger partial charge in [0.1, 0.15) is 0 Å². The van der Waals surface area contributed by atoms with Crippen molar-refractivity contribution in [2.24, 2.45) is 5.41 Å². The number of amides is 2. The monoisotopic (exact) mass is 226 g/mol. The molecule has 1 saturated heterocycles. The molecule has 0 aromatic rings. The zero-order valence-electron chi connectivity index (χ0n) is 12.0. The third-order valence-electron chi connectivity index (χ3n) is 2.69. The van der Waals surface area contributed by atoms with Gasteiger partial charge >= 0.3 is 6.03 Å². The highest BCUT2D eigenvalue weighted by Crippen LogP contribution is 2.42. The number of hydrogen-bond acceptors (Lipinski definition) is 1. The molecule has 0 spiro atoms. The minimum Gasteiger partial charge on any atom is -0.244 e. The van der Waals surface area contributed by atoms with E-state index in [1.54, 1.807) is 0 Å². The largest absolute Gasteiger partial charge is 0.358 e. The van der Waals surface area contributed by atoms with Gasteiger partial charge in [0.2, 0.25) is 0 Å². The normalized spacial score (nSPS) is 18.1. The Kier molecular flexibility index (Phi) is 2.82. The van der Waals surface area contributed by atoms with Crippen molar-refractivity contribution in [3.63, 3.8) is 0 Å². The summed E-state index contributed by atoms with van der Waals surface area (Å²) in [5.74, 6) is 0. The van der Waals surface area contributed by atoms with Gasteiger partial charge in [0.15, 0.2) is 0 Å². The summed E-state index contributed by atoms with van der Waals surface area (Å²) >= 11 is 0. The van der Waals surface area contributed by atoms with Crippen LogP contribution in [0.25, 0.3) is 0 Å². The Labute approximate surface area is 99.8 Å². The Bertz CT molecular complexity index is 294. The lowest BCUT2D eigenvalue weighted by Gasteiger charge is -2.34. The summed E-state index contributed by atoms with van der Waals surface area (Å²) in [4.78, 5) is 11.8. The summed E-state index contributed by atoms with van der Waals surface area (Å²) in [7, 11) is 0. The lowest BCUT2D eigenvalue weighted by atomic mass is 9.82. The third kappa shape index (κ3) is 2.69. The van der Waals surface area contributed by atoms with Gasteiger partial charge in [0, 0.05) is 0 Å². The first-order valence-corrected chi connectivity index (χ1v) is 6.01. The molecule has 0 aromatic heterocycles. The van der Waals surface area contributed by atoms with Crippen LogP contribution >= 0.6 is 0 Å². The van der Waals surface area contributed by atoms with Crippen LogP contribution in [0.3, 0.4) is 0 Å². The van der Waals surface area contributed by atoms with E-state index in [-0.39, 0.29) is 22.5 Å². The van der Waals surface area contributed by atoms with Crippen LogP contribution in [0, 0.1) is 5.41 Å². The van der Waals surface area contributed by atoms with Crippen LogP contribution in [0.2, 0.25) is 0 Å². The number of nitrogens with zero attached hydrogens (tertiary/aromatic N) is 2. The Morgan fingerprint density at radius 1 is 0.875 bits per heavy atom. The summed E-state index contributed by atoms with van der Waals surface area (Å²) in [5, 5.41) is 3.76. The molecule has 1 rings (SSSR count). The maximum absolute atomic E-state index is 11.8. The van der Waals surface area contributed by atoms with Gasteiger partial charge in [-0.2, -0.15) is 0 Å². The van der Waals surface area contributed by atoms with Crippen LogP contribution < -0.4 is 0 Å². The first-order valence-electron chi connectivity index (χ1n) is 6.01. The third-order valence-corrected chi connectivity index (χ3v) is 2.69. The van der Waals surface area contributed by atoms with E-state index >= 15 is 0 Å². The van der Waals surface area contributed by atoms with E-state index in [9.17, 15) is 4.79 Å². The first-order chi connectivity index (χ1) is 6.86. The molecule has 0 unspecified atom stereocenters. The number of rotatable bonds is 2. The van der Waals surface area contributed by atoms with Crippen molar-refractivity contribution in [1.29, 1.82) is 0 Å². The fourth-order valence-electron chi connectivity index (χ4n) is 2.62. The van der Waals surface area contributed by atoms with Gasteiger partial charge in [0.25, 0.3) is 0 Å². The molecule has 16 heavy (non-hydrogen) atoms. The van der Waals surface area contributed by atoms with Gasteiger partial charge in [-0.3, -0.25) is 0 Å². The molecule has 2 amide bonds. The lowest BCUT2D eigenvalue weighted by molar-refractivity contribution is 0.0696. The molecule has 0 atom stereocenters. The molecule has 94 valence electrons. The molecular formula is C13H26N2O. The molecule has 1 heterocycles. The average Bonchev–Trinajstić information content (AvgIpc) is 2.53. The molecule has 0 N–H and O–H groups in total. The average molecular weight is 226 g/mol. The molecule has 3 nitrogen and oxygen atoms in total. The molecule has 0 bridgehead atoms. The Balaban J connectivity index is 2.77. The van der Waals surface area contributed by atoms with E-state index < -0.39 is 0 Å². The molecule has 0 aliphatic carbocycles. The maximum atomic E-state index is 11.8. The summed E-state index contributed by atoms with van der Waals surface area (Å²) in [5.41, 5.74) is 0.0325. The van der Waals surface area contributed by atoms with Gasteiger partial charge in [-0.25, -0.2) is 14.8 Å². The Morgan fingerprint density at radius 3 is 1.56 bits per heavy atom. The van der Waals surface area contributed by atoms with Crippen molar-refractivity contribution >= 4 is 6.03 Å². The zero-order chi connectivity index (χ0) is 12.9. The van der Waals surface area contributed by atoms with Gasteiger partial charge in [-0.05, 0) is 46.5 Å². The highest BCUT2D eigenvalue weighted by Gasteiger charge is 2.56. The fraction of sp³-hybridized carbons (Fsp3) is 0.923. The predicted octanol–water partition coefficient (Wildman–Crippen LogP) is 3.65. The molecule has 0 radical (unpaired) electrons. The molecular weight excluding hydrogens is 200 g/mol. The summed E-state index contributed by atoms with van der Waals surface area (Å²) < 4.78 is 0. The van der Waals surface area contributed by atoms with Crippen LogP contribution in [-0.2, 0) is 0 Å². The molecule has 0 saturated carbocycles. The van der Waals surface area contributed by atoms with E-state index in [1.165, 1.54) is 0 Å². The first kappa shape index (κ1) is 13.3. The molecule has 0 aromatic carbocycles. The highest BCUT2D eigenvalue weighted by atomic mass is 16.2. The second-order valence-electron chi connectivity index (χ2n) is 7.63. The number of hydrogen-bond donors (Lipinski definition) is 0. The van der Waals surface area contributed by atoms with E-state index in [0.29, 0.717) is 0 Å². The van der Waals surface area contributed by atoms with Crippen molar-refractivity contribution in [2.45, 2.75) is 72.9 Å². The molecule has 3 heteroatoms. The predicted molar refractivity (Wildman–Crippen MR) is 67.0 cm³/mol. The van der Waals surface area contributed by atoms with Crippen molar-refractivity contribution in [3.05, 3.63) is 0 Å². The summed E-state index contributed by atoms with van der Waals surface area (Å²) in [6.45, 7) is 17.1.